The molecule has 0 bridgehead atoms. The number of carboxylic acids is 1. The van der Waals surface area contributed by atoms with Crippen molar-refractivity contribution < 1.29 is 23.1 Å². The molecule has 0 aliphatic carbocycles. The van der Waals surface area contributed by atoms with Gasteiger partial charge < -0.3 is 5.11 Å². The number of nitrogens with zero attached hydrogens (tertiary/aromatic N) is 2. The molecule has 7 heteroatoms. The van der Waals surface area contributed by atoms with Gasteiger partial charge in [-0.15, -0.1) is 0 Å². The summed E-state index contributed by atoms with van der Waals surface area (Å²) in [5.74, 6) is -1.25. The molecule has 1 heterocycles. The van der Waals surface area contributed by atoms with Gasteiger partial charge in [-0.1, -0.05) is 0 Å². The summed E-state index contributed by atoms with van der Waals surface area (Å²) in [4.78, 5) is 10.2. The van der Waals surface area contributed by atoms with E-state index in [1.165, 1.54) is 0 Å². The van der Waals surface area contributed by atoms with Crippen LogP contribution >= 0.6 is 0 Å². The van der Waals surface area contributed by atoms with Crippen LogP contribution in [0.1, 0.15) is 11.3 Å². The van der Waals surface area contributed by atoms with Crippen molar-refractivity contribution in [2.45, 2.75) is 12.6 Å². The molecule has 0 aliphatic heterocycles. The minimum absolute atomic E-state index is 0.215. The SMILES string of the molecule is O=C(O)Cc1cc(C(F)(F)F)cnn1. The van der Waals surface area contributed by atoms with Crippen molar-refractivity contribution in [1.29, 1.82) is 0 Å². The van der Waals surface area contributed by atoms with Gasteiger partial charge in [-0.2, -0.15) is 23.4 Å². The van der Waals surface area contributed by atoms with Crippen molar-refractivity contribution in [3.63, 3.8) is 0 Å². The molecule has 4 nitrogen and oxygen atoms in total. The molecule has 1 N–H and O–H groups in total. The smallest absolute Gasteiger partial charge is 0.418 e. The third kappa shape index (κ3) is 2.68. The molecule has 14 heavy (non-hydrogen) atoms. The first-order valence-corrected chi connectivity index (χ1v) is 3.50. The molecule has 0 amide bonds. The second-order valence-electron chi connectivity index (χ2n) is 2.50. The lowest BCUT2D eigenvalue weighted by Crippen LogP contribution is -2.10. The number of carboxylic acid groups (broad SMARTS) is 1. The molecule has 1 rings (SSSR count). The second kappa shape index (κ2) is 3.60. The van der Waals surface area contributed by atoms with Crippen molar-refractivity contribution in [3.8, 4) is 0 Å². The minimum atomic E-state index is -4.52. The predicted molar refractivity (Wildman–Crippen MR) is 38.4 cm³/mol. The van der Waals surface area contributed by atoms with Gasteiger partial charge in [-0.25, -0.2) is 0 Å². The van der Waals surface area contributed by atoms with Gasteiger partial charge in [0.05, 0.1) is 23.9 Å². The summed E-state index contributed by atoms with van der Waals surface area (Å²) < 4.78 is 36.3. The van der Waals surface area contributed by atoms with Gasteiger partial charge in [0.1, 0.15) is 0 Å². The van der Waals surface area contributed by atoms with Crippen LogP contribution in [0.2, 0.25) is 0 Å². The topological polar surface area (TPSA) is 63.1 Å². The molecule has 0 fully saturated rings. The molecule has 1 aromatic heterocycles. The molecule has 76 valence electrons. The number of halogens is 3. The van der Waals surface area contributed by atoms with Crippen LogP contribution in [0.15, 0.2) is 12.3 Å². The third-order valence-electron chi connectivity index (χ3n) is 1.36. The number of aromatic nitrogens is 2. The molecule has 0 spiro atoms. The summed E-state index contributed by atoms with van der Waals surface area (Å²) in [5.41, 5.74) is -1.21. The summed E-state index contributed by atoms with van der Waals surface area (Å²) in [6, 6.07) is 0.668. The normalized spacial score (nSPS) is 11.4. The van der Waals surface area contributed by atoms with Crippen molar-refractivity contribution >= 4 is 5.97 Å². The van der Waals surface area contributed by atoms with Crippen molar-refractivity contribution in [2.24, 2.45) is 0 Å². The van der Waals surface area contributed by atoms with Gasteiger partial charge in [0.15, 0.2) is 0 Å². The Labute approximate surface area is 76.4 Å². The fraction of sp³-hybridized carbons (Fsp3) is 0.286. The quantitative estimate of drug-likeness (QED) is 0.787. The van der Waals surface area contributed by atoms with E-state index < -0.39 is 24.1 Å². The number of hydrogen-bond acceptors (Lipinski definition) is 3. The largest absolute Gasteiger partial charge is 0.481 e. The van der Waals surface area contributed by atoms with Gasteiger partial charge in [-0.05, 0) is 6.07 Å². The molecular weight excluding hydrogens is 201 g/mol. The Morgan fingerprint density at radius 2 is 2.14 bits per heavy atom. The standard InChI is InChI=1S/C7H5F3N2O2/c8-7(9,10)4-1-5(2-6(13)14)12-11-3-4/h1,3H,2H2,(H,13,14). The highest BCUT2D eigenvalue weighted by molar-refractivity contribution is 5.69. The van der Waals surface area contributed by atoms with Crippen molar-refractivity contribution in [3.05, 3.63) is 23.5 Å². The highest BCUT2D eigenvalue weighted by Crippen LogP contribution is 2.28. The lowest BCUT2D eigenvalue weighted by molar-refractivity contribution is -0.139. The Balaban J connectivity index is 2.95. The molecule has 0 atom stereocenters. The predicted octanol–water partition coefficient (Wildman–Crippen LogP) is 1.12. The maximum absolute atomic E-state index is 12.1. The van der Waals surface area contributed by atoms with E-state index in [2.05, 4.69) is 10.2 Å². The van der Waals surface area contributed by atoms with Gasteiger partial charge in [-0.3, -0.25) is 4.79 Å². The van der Waals surface area contributed by atoms with E-state index >= 15 is 0 Å². The first kappa shape index (κ1) is 10.4. The van der Waals surface area contributed by atoms with E-state index in [1.54, 1.807) is 0 Å². The zero-order chi connectivity index (χ0) is 10.8. The highest BCUT2D eigenvalue weighted by Gasteiger charge is 2.31. The summed E-state index contributed by atoms with van der Waals surface area (Å²) >= 11 is 0. The van der Waals surface area contributed by atoms with Crippen LogP contribution < -0.4 is 0 Å². The summed E-state index contributed by atoms with van der Waals surface area (Å²) in [7, 11) is 0. The number of hydrogen-bond donors (Lipinski definition) is 1. The molecule has 0 saturated carbocycles. The zero-order valence-electron chi connectivity index (χ0n) is 6.75. The van der Waals surface area contributed by atoms with Crippen LogP contribution in [0.4, 0.5) is 13.2 Å². The van der Waals surface area contributed by atoms with Gasteiger partial charge in [0.2, 0.25) is 0 Å². The van der Waals surface area contributed by atoms with Crippen molar-refractivity contribution in [2.75, 3.05) is 0 Å². The van der Waals surface area contributed by atoms with Crippen LogP contribution in [0.25, 0.3) is 0 Å². The fourth-order valence-corrected chi connectivity index (χ4v) is 0.807. The van der Waals surface area contributed by atoms with Crippen LogP contribution in [-0.2, 0) is 17.4 Å². The van der Waals surface area contributed by atoms with Gasteiger partial charge >= 0.3 is 12.1 Å². The first-order valence-electron chi connectivity index (χ1n) is 3.50. The van der Waals surface area contributed by atoms with Gasteiger partial charge in [0.25, 0.3) is 0 Å². The Hall–Kier alpha value is -1.66. The molecule has 0 unspecified atom stereocenters. The number of alkyl halides is 3. The van der Waals surface area contributed by atoms with Crippen LogP contribution in [0.3, 0.4) is 0 Å². The molecule has 1 aromatic rings. The van der Waals surface area contributed by atoms with E-state index in [4.69, 9.17) is 5.11 Å². The molecule has 0 aromatic carbocycles. The van der Waals surface area contributed by atoms with E-state index in [0.29, 0.717) is 12.3 Å². The average molecular weight is 206 g/mol. The van der Waals surface area contributed by atoms with E-state index in [0.717, 1.165) is 0 Å². The Morgan fingerprint density at radius 3 is 2.64 bits per heavy atom. The van der Waals surface area contributed by atoms with Crippen LogP contribution in [0.5, 0.6) is 0 Å². The summed E-state index contributed by atoms with van der Waals surface area (Å²) in [6.07, 6.45) is -4.55. The average Bonchev–Trinajstić information content (AvgIpc) is 2.01. The first-order chi connectivity index (χ1) is 6.39. The number of rotatable bonds is 2. The second-order valence-corrected chi connectivity index (χ2v) is 2.50. The fourth-order valence-electron chi connectivity index (χ4n) is 0.807. The third-order valence-corrected chi connectivity index (χ3v) is 1.36. The van der Waals surface area contributed by atoms with Crippen LogP contribution in [0, 0.1) is 0 Å². The monoisotopic (exact) mass is 206 g/mol. The number of aliphatic carboxylic acids is 1. The maximum Gasteiger partial charge on any atom is 0.418 e. The molecule has 0 aliphatic rings. The molecular formula is C7H5F3N2O2. The van der Waals surface area contributed by atoms with E-state index in [9.17, 15) is 18.0 Å². The summed E-state index contributed by atoms with van der Waals surface area (Å²) in [6.45, 7) is 0. The highest BCUT2D eigenvalue weighted by atomic mass is 19.4. The molecule has 0 radical (unpaired) electrons. The lowest BCUT2D eigenvalue weighted by atomic mass is 10.2. The number of carbonyl (C=O) groups is 1. The zero-order valence-corrected chi connectivity index (χ0v) is 6.75. The minimum Gasteiger partial charge on any atom is -0.481 e. The lowest BCUT2D eigenvalue weighted by Gasteiger charge is -2.05. The van der Waals surface area contributed by atoms with Gasteiger partial charge in [0, 0.05) is 0 Å². The maximum atomic E-state index is 12.1. The van der Waals surface area contributed by atoms with E-state index in [-0.39, 0.29) is 5.69 Å². The Bertz CT molecular complexity index is 351. The Morgan fingerprint density at radius 1 is 1.50 bits per heavy atom. The Kier molecular flexibility index (Phi) is 2.68. The molecule has 0 saturated heterocycles. The van der Waals surface area contributed by atoms with E-state index in [1.807, 2.05) is 0 Å². The summed E-state index contributed by atoms with van der Waals surface area (Å²) in [5, 5.41) is 14.6. The van der Waals surface area contributed by atoms with Crippen LogP contribution in [-0.4, -0.2) is 21.3 Å². The van der Waals surface area contributed by atoms with Crippen molar-refractivity contribution in [1.82, 2.24) is 10.2 Å².